The van der Waals surface area contributed by atoms with E-state index in [1.807, 2.05) is 30.6 Å². The van der Waals surface area contributed by atoms with Gasteiger partial charge in [0.15, 0.2) is 0 Å². The molecule has 6 nitrogen and oxygen atoms in total. The summed E-state index contributed by atoms with van der Waals surface area (Å²) in [5.41, 5.74) is 5.23. The molecule has 2 amide bonds. The minimum Gasteiger partial charge on any atom is -0.369 e. The number of hydrogen-bond acceptors (Lipinski definition) is 4. The Morgan fingerprint density at radius 3 is 2.28 bits per heavy atom. The molecule has 18 heavy (non-hydrogen) atoms. The predicted molar refractivity (Wildman–Crippen MR) is 69.9 cm³/mol. The van der Waals surface area contributed by atoms with Gasteiger partial charge >= 0.3 is 0 Å². The Morgan fingerprint density at radius 2 is 1.83 bits per heavy atom. The Balaban J connectivity index is 2.65. The smallest absolute Gasteiger partial charge is 0.239 e. The topological polar surface area (TPSA) is 78.7 Å². The van der Waals surface area contributed by atoms with Crippen LogP contribution >= 0.6 is 0 Å². The number of primary amides is 1. The predicted octanol–water partition coefficient (Wildman–Crippen LogP) is -0.998. The lowest BCUT2D eigenvalue weighted by molar-refractivity contribution is -0.138. The highest BCUT2D eigenvalue weighted by atomic mass is 16.2. The van der Waals surface area contributed by atoms with Gasteiger partial charge in [0, 0.05) is 32.2 Å². The van der Waals surface area contributed by atoms with E-state index in [0.29, 0.717) is 0 Å². The lowest BCUT2D eigenvalue weighted by atomic mass is 10.1. The zero-order valence-corrected chi connectivity index (χ0v) is 11.5. The van der Waals surface area contributed by atoms with Crippen molar-refractivity contribution in [3.63, 3.8) is 0 Å². The van der Waals surface area contributed by atoms with Gasteiger partial charge < -0.3 is 16.0 Å². The summed E-state index contributed by atoms with van der Waals surface area (Å²) in [5, 5.41) is 3.21. The number of carbonyl (C=O) groups excluding carboxylic acids is 2. The largest absolute Gasteiger partial charge is 0.369 e. The van der Waals surface area contributed by atoms with Crippen LogP contribution in [0.4, 0.5) is 0 Å². The average Bonchev–Trinajstić information content (AvgIpc) is 2.34. The molecular formula is C12H24N4O2. The summed E-state index contributed by atoms with van der Waals surface area (Å²) in [7, 11) is 0. The lowest BCUT2D eigenvalue weighted by Gasteiger charge is -2.36. The van der Waals surface area contributed by atoms with Crippen molar-refractivity contribution in [2.24, 2.45) is 5.73 Å². The number of piperazine rings is 1. The fraction of sp³-hybridized carbons (Fsp3) is 0.833. The number of amides is 2. The summed E-state index contributed by atoms with van der Waals surface area (Å²) in [5.74, 6) is -0.324. The standard InChI is InChI=1S/C12H24N4O2/c1-9(2)16(8-11(13)17)10(3)12(18)15-6-4-14-5-7-15/h9-10,14H,4-8H2,1-3H3,(H2,13,17). The fourth-order valence-corrected chi connectivity index (χ4v) is 2.24. The van der Waals surface area contributed by atoms with Crippen LogP contribution in [0.15, 0.2) is 0 Å². The van der Waals surface area contributed by atoms with Gasteiger partial charge in [0.2, 0.25) is 11.8 Å². The van der Waals surface area contributed by atoms with Gasteiger partial charge in [-0.3, -0.25) is 14.5 Å². The van der Waals surface area contributed by atoms with Gasteiger partial charge in [0.1, 0.15) is 0 Å². The van der Waals surface area contributed by atoms with Crippen LogP contribution in [-0.4, -0.2) is 66.4 Å². The van der Waals surface area contributed by atoms with Crippen molar-refractivity contribution in [2.75, 3.05) is 32.7 Å². The zero-order valence-electron chi connectivity index (χ0n) is 11.5. The highest BCUT2D eigenvalue weighted by molar-refractivity contribution is 5.83. The summed E-state index contributed by atoms with van der Waals surface area (Å²) in [4.78, 5) is 27.1. The zero-order chi connectivity index (χ0) is 13.7. The summed E-state index contributed by atoms with van der Waals surface area (Å²) in [6.45, 7) is 9.00. The van der Waals surface area contributed by atoms with Crippen LogP contribution in [0, 0.1) is 0 Å². The maximum Gasteiger partial charge on any atom is 0.239 e. The maximum absolute atomic E-state index is 12.3. The maximum atomic E-state index is 12.3. The second-order valence-corrected chi connectivity index (χ2v) is 4.98. The van der Waals surface area contributed by atoms with Crippen molar-refractivity contribution in [1.82, 2.24) is 15.1 Å². The van der Waals surface area contributed by atoms with E-state index < -0.39 is 5.91 Å². The van der Waals surface area contributed by atoms with E-state index in [2.05, 4.69) is 5.32 Å². The normalized spacial score (nSPS) is 18.2. The van der Waals surface area contributed by atoms with Gasteiger partial charge in [-0.1, -0.05) is 0 Å². The van der Waals surface area contributed by atoms with E-state index in [0.717, 1.165) is 26.2 Å². The molecule has 1 aliphatic heterocycles. The molecule has 1 rings (SSSR count). The molecule has 0 aromatic rings. The minimum atomic E-state index is -0.399. The van der Waals surface area contributed by atoms with Gasteiger partial charge in [-0.25, -0.2) is 0 Å². The highest BCUT2D eigenvalue weighted by Crippen LogP contribution is 2.09. The van der Waals surface area contributed by atoms with Crippen molar-refractivity contribution in [3.8, 4) is 0 Å². The van der Waals surface area contributed by atoms with Crippen LogP contribution in [0.25, 0.3) is 0 Å². The average molecular weight is 256 g/mol. The van der Waals surface area contributed by atoms with Gasteiger partial charge in [-0.15, -0.1) is 0 Å². The highest BCUT2D eigenvalue weighted by Gasteiger charge is 2.29. The van der Waals surface area contributed by atoms with Gasteiger partial charge in [-0.05, 0) is 20.8 Å². The van der Waals surface area contributed by atoms with Gasteiger partial charge in [-0.2, -0.15) is 0 Å². The van der Waals surface area contributed by atoms with Crippen molar-refractivity contribution in [2.45, 2.75) is 32.9 Å². The van der Waals surface area contributed by atoms with Crippen molar-refractivity contribution >= 4 is 11.8 Å². The Kier molecular flexibility index (Phi) is 5.55. The molecule has 1 saturated heterocycles. The molecule has 0 aliphatic carbocycles. The first-order chi connectivity index (χ1) is 8.43. The molecule has 104 valence electrons. The Bertz CT molecular complexity index is 300. The first kappa shape index (κ1) is 14.9. The quantitative estimate of drug-likeness (QED) is 0.661. The Morgan fingerprint density at radius 1 is 1.28 bits per heavy atom. The molecule has 0 radical (unpaired) electrons. The van der Waals surface area contributed by atoms with E-state index in [1.54, 1.807) is 0 Å². The molecule has 1 fully saturated rings. The van der Waals surface area contributed by atoms with E-state index >= 15 is 0 Å². The second kappa shape index (κ2) is 6.70. The molecule has 1 unspecified atom stereocenters. The van der Waals surface area contributed by atoms with Crippen LogP contribution in [0.3, 0.4) is 0 Å². The van der Waals surface area contributed by atoms with Crippen molar-refractivity contribution < 1.29 is 9.59 Å². The monoisotopic (exact) mass is 256 g/mol. The SMILES string of the molecule is CC(C)N(CC(N)=O)C(C)C(=O)N1CCNCC1. The summed E-state index contributed by atoms with van der Waals surface area (Å²) in [6.07, 6.45) is 0. The first-order valence-corrected chi connectivity index (χ1v) is 6.47. The molecule has 6 heteroatoms. The second-order valence-electron chi connectivity index (χ2n) is 4.98. The Labute approximate surface area is 108 Å². The molecule has 0 aromatic heterocycles. The molecular weight excluding hydrogens is 232 g/mol. The van der Waals surface area contributed by atoms with Crippen LogP contribution in [0.5, 0.6) is 0 Å². The number of nitrogens with one attached hydrogen (secondary N) is 1. The summed E-state index contributed by atoms with van der Waals surface area (Å²) in [6, 6.07) is -0.199. The lowest BCUT2D eigenvalue weighted by Crippen LogP contribution is -2.55. The molecule has 3 N–H and O–H groups in total. The van der Waals surface area contributed by atoms with Crippen LogP contribution in [0.1, 0.15) is 20.8 Å². The first-order valence-electron chi connectivity index (χ1n) is 6.47. The van der Waals surface area contributed by atoms with Crippen molar-refractivity contribution in [3.05, 3.63) is 0 Å². The third-order valence-corrected chi connectivity index (χ3v) is 3.29. The van der Waals surface area contributed by atoms with Crippen LogP contribution < -0.4 is 11.1 Å². The summed E-state index contributed by atoms with van der Waals surface area (Å²) >= 11 is 0. The molecule has 1 atom stereocenters. The third kappa shape index (κ3) is 3.96. The molecule has 1 heterocycles. The minimum absolute atomic E-state index is 0.0754. The van der Waals surface area contributed by atoms with E-state index in [-0.39, 0.29) is 24.5 Å². The molecule has 0 saturated carbocycles. The number of rotatable bonds is 5. The number of nitrogens with zero attached hydrogens (tertiary/aromatic N) is 2. The number of carbonyl (C=O) groups is 2. The summed E-state index contributed by atoms with van der Waals surface area (Å²) < 4.78 is 0. The van der Waals surface area contributed by atoms with E-state index in [1.165, 1.54) is 0 Å². The van der Waals surface area contributed by atoms with Crippen LogP contribution in [0.2, 0.25) is 0 Å². The molecule has 0 spiro atoms. The fourth-order valence-electron chi connectivity index (χ4n) is 2.24. The Hall–Kier alpha value is -1.14. The molecule has 0 bridgehead atoms. The van der Waals surface area contributed by atoms with E-state index in [9.17, 15) is 9.59 Å². The number of hydrogen-bond donors (Lipinski definition) is 2. The van der Waals surface area contributed by atoms with E-state index in [4.69, 9.17) is 5.73 Å². The third-order valence-electron chi connectivity index (χ3n) is 3.29. The van der Waals surface area contributed by atoms with Gasteiger partial charge in [0.25, 0.3) is 0 Å². The molecule has 1 aliphatic rings. The van der Waals surface area contributed by atoms with Gasteiger partial charge in [0.05, 0.1) is 12.6 Å². The van der Waals surface area contributed by atoms with Crippen molar-refractivity contribution in [1.29, 1.82) is 0 Å². The number of nitrogens with two attached hydrogens (primary N) is 1. The molecule has 0 aromatic carbocycles. The van der Waals surface area contributed by atoms with Crippen LogP contribution in [-0.2, 0) is 9.59 Å².